The van der Waals surface area contributed by atoms with Gasteiger partial charge in [0.2, 0.25) is 0 Å². The van der Waals surface area contributed by atoms with Crippen LogP contribution in [0.2, 0.25) is 0 Å². The Labute approximate surface area is 134 Å². The van der Waals surface area contributed by atoms with Crippen molar-refractivity contribution in [2.45, 2.75) is 38.1 Å². The predicted molar refractivity (Wildman–Crippen MR) is 91.2 cm³/mol. The smallest absolute Gasteiger partial charge is 0.132 e. The van der Waals surface area contributed by atoms with Crippen LogP contribution in [-0.4, -0.2) is 9.55 Å². The van der Waals surface area contributed by atoms with E-state index in [0.29, 0.717) is 5.92 Å². The van der Waals surface area contributed by atoms with Crippen LogP contribution < -0.4 is 5.73 Å². The fourth-order valence-electron chi connectivity index (χ4n) is 3.12. The molecule has 0 unspecified atom stereocenters. The molecule has 0 radical (unpaired) electrons. The maximum Gasteiger partial charge on any atom is 0.132 e. The highest BCUT2D eigenvalue weighted by molar-refractivity contribution is 9.10. The van der Waals surface area contributed by atoms with Crippen molar-refractivity contribution in [2.24, 2.45) is 0 Å². The van der Waals surface area contributed by atoms with Gasteiger partial charge in [-0.2, -0.15) is 0 Å². The van der Waals surface area contributed by atoms with Crippen molar-refractivity contribution in [2.75, 3.05) is 5.73 Å². The maximum absolute atomic E-state index is 6.37. The van der Waals surface area contributed by atoms with Gasteiger partial charge in [0.1, 0.15) is 17.3 Å². The highest BCUT2D eigenvalue weighted by atomic mass is 79.9. The minimum absolute atomic E-state index is 0.538. The molecule has 1 aromatic heterocycles. The first-order chi connectivity index (χ1) is 10.2. The van der Waals surface area contributed by atoms with Crippen LogP contribution in [0.25, 0.3) is 11.3 Å². The van der Waals surface area contributed by atoms with Crippen molar-refractivity contribution in [3.63, 3.8) is 0 Å². The summed E-state index contributed by atoms with van der Waals surface area (Å²) in [5.41, 5.74) is 8.33. The van der Waals surface area contributed by atoms with Crippen molar-refractivity contribution in [1.82, 2.24) is 9.55 Å². The van der Waals surface area contributed by atoms with Gasteiger partial charge in [-0.05, 0) is 25.0 Å². The second-order valence-corrected chi connectivity index (χ2v) is 6.51. The molecule has 1 aliphatic rings. The summed E-state index contributed by atoms with van der Waals surface area (Å²) in [7, 11) is 0. The highest BCUT2D eigenvalue weighted by Gasteiger charge is 2.25. The lowest BCUT2D eigenvalue weighted by molar-refractivity contribution is 0.618. The number of hydrogen-bond acceptors (Lipinski definition) is 2. The first-order valence-electron chi connectivity index (χ1n) is 7.43. The topological polar surface area (TPSA) is 43.8 Å². The van der Waals surface area contributed by atoms with E-state index >= 15 is 0 Å². The van der Waals surface area contributed by atoms with E-state index in [0.717, 1.165) is 33.9 Å². The highest BCUT2D eigenvalue weighted by Crippen LogP contribution is 2.37. The fourth-order valence-corrected chi connectivity index (χ4v) is 3.38. The molecule has 0 bridgehead atoms. The van der Waals surface area contributed by atoms with E-state index < -0.39 is 0 Å². The Bertz CT molecular complexity index is 637. The first kappa shape index (κ1) is 14.4. The molecular formula is C17H20BrN3. The molecule has 1 heterocycles. The molecule has 0 spiro atoms. The molecule has 1 saturated carbocycles. The van der Waals surface area contributed by atoms with Crippen molar-refractivity contribution in [3.05, 3.63) is 47.2 Å². The number of halogens is 1. The van der Waals surface area contributed by atoms with Gasteiger partial charge < -0.3 is 10.3 Å². The Balaban J connectivity index is 2.06. The van der Waals surface area contributed by atoms with Gasteiger partial charge >= 0.3 is 0 Å². The van der Waals surface area contributed by atoms with Gasteiger partial charge in [0, 0.05) is 22.5 Å². The summed E-state index contributed by atoms with van der Waals surface area (Å²) in [6, 6.07) is 8.16. The predicted octanol–water partition coefficient (Wildman–Crippen LogP) is 4.74. The van der Waals surface area contributed by atoms with E-state index in [4.69, 9.17) is 10.7 Å². The number of nitrogens with two attached hydrogens (primary N) is 1. The quantitative estimate of drug-likeness (QED) is 0.813. The molecule has 1 aliphatic carbocycles. The number of benzene rings is 1. The lowest BCUT2D eigenvalue weighted by atomic mass is 10.1. The SMILES string of the molecule is C=CCn1c(C2CCCC2)nc(-c2ccc(Br)cc2)c1N. The Morgan fingerprint density at radius 1 is 1.29 bits per heavy atom. The minimum Gasteiger partial charge on any atom is -0.383 e. The Kier molecular flexibility index (Phi) is 4.15. The van der Waals surface area contributed by atoms with E-state index in [1.807, 2.05) is 18.2 Å². The third-order valence-corrected chi connectivity index (χ3v) is 4.71. The normalized spacial score (nSPS) is 15.5. The van der Waals surface area contributed by atoms with Gasteiger partial charge in [0.05, 0.1) is 0 Å². The van der Waals surface area contributed by atoms with Crippen molar-refractivity contribution in [1.29, 1.82) is 0 Å². The second-order valence-electron chi connectivity index (χ2n) is 5.59. The number of rotatable bonds is 4. The van der Waals surface area contributed by atoms with E-state index in [2.05, 4.69) is 39.2 Å². The summed E-state index contributed by atoms with van der Waals surface area (Å²) in [5.74, 6) is 2.42. The Morgan fingerprint density at radius 2 is 1.95 bits per heavy atom. The maximum atomic E-state index is 6.37. The standard InChI is InChI=1S/C17H20BrN3/c1-2-11-21-16(19)15(12-7-9-14(18)10-8-12)20-17(21)13-5-3-4-6-13/h2,7-10,13H,1,3-6,11,19H2. The molecule has 2 aromatic rings. The van der Waals surface area contributed by atoms with Crippen LogP contribution in [0.1, 0.15) is 37.4 Å². The molecule has 2 N–H and O–H groups in total. The molecule has 0 saturated heterocycles. The van der Waals surface area contributed by atoms with Crippen molar-refractivity contribution >= 4 is 21.7 Å². The monoisotopic (exact) mass is 345 g/mol. The van der Waals surface area contributed by atoms with E-state index in [9.17, 15) is 0 Å². The number of allylic oxidation sites excluding steroid dienone is 1. The fraction of sp³-hybridized carbons (Fsp3) is 0.353. The van der Waals surface area contributed by atoms with E-state index in [1.54, 1.807) is 0 Å². The average molecular weight is 346 g/mol. The molecule has 3 nitrogen and oxygen atoms in total. The summed E-state index contributed by atoms with van der Waals surface area (Å²) in [4.78, 5) is 4.89. The zero-order chi connectivity index (χ0) is 14.8. The third kappa shape index (κ3) is 2.77. The summed E-state index contributed by atoms with van der Waals surface area (Å²) >= 11 is 3.46. The van der Waals surface area contributed by atoms with Crippen LogP contribution in [-0.2, 0) is 6.54 Å². The van der Waals surface area contributed by atoms with Crippen molar-refractivity contribution < 1.29 is 0 Å². The number of nitrogen functional groups attached to an aromatic ring is 1. The van der Waals surface area contributed by atoms with Crippen LogP contribution in [0.15, 0.2) is 41.4 Å². The second kappa shape index (κ2) is 6.06. The summed E-state index contributed by atoms with van der Waals surface area (Å²) < 4.78 is 3.19. The molecule has 21 heavy (non-hydrogen) atoms. The molecule has 0 atom stereocenters. The Hall–Kier alpha value is -1.55. The largest absolute Gasteiger partial charge is 0.383 e. The number of anilines is 1. The summed E-state index contributed by atoms with van der Waals surface area (Å²) in [6.45, 7) is 4.57. The van der Waals surface area contributed by atoms with Gasteiger partial charge in [-0.15, -0.1) is 6.58 Å². The summed E-state index contributed by atoms with van der Waals surface area (Å²) in [6.07, 6.45) is 6.90. The number of nitrogens with zero attached hydrogens (tertiary/aromatic N) is 2. The molecule has 1 aromatic carbocycles. The number of imidazole rings is 1. The van der Waals surface area contributed by atoms with E-state index in [1.165, 1.54) is 25.7 Å². The molecule has 0 amide bonds. The zero-order valence-electron chi connectivity index (χ0n) is 12.1. The van der Waals surface area contributed by atoms with Crippen LogP contribution in [0.3, 0.4) is 0 Å². The van der Waals surface area contributed by atoms with Gasteiger partial charge in [-0.3, -0.25) is 0 Å². The molecular weight excluding hydrogens is 326 g/mol. The number of hydrogen-bond donors (Lipinski definition) is 1. The van der Waals surface area contributed by atoms with Gasteiger partial charge in [0.15, 0.2) is 0 Å². The minimum atomic E-state index is 0.538. The molecule has 4 heteroatoms. The van der Waals surface area contributed by atoms with Crippen molar-refractivity contribution in [3.8, 4) is 11.3 Å². The average Bonchev–Trinajstić information content (AvgIpc) is 3.10. The van der Waals surface area contributed by atoms with Gasteiger partial charge in [-0.25, -0.2) is 4.98 Å². The van der Waals surface area contributed by atoms with Crippen LogP contribution in [0, 0.1) is 0 Å². The molecule has 0 aliphatic heterocycles. The van der Waals surface area contributed by atoms with Crippen LogP contribution in [0.4, 0.5) is 5.82 Å². The van der Waals surface area contributed by atoms with Gasteiger partial charge in [0.25, 0.3) is 0 Å². The number of aromatic nitrogens is 2. The van der Waals surface area contributed by atoms with Crippen LogP contribution in [0.5, 0.6) is 0 Å². The zero-order valence-corrected chi connectivity index (χ0v) is 13.6. The molecule has 1 fully saturated rings. The first-order valence-corrected chi connectivity index (χ1v) is 8.22. The molecule has 110 valence electrons. The van der Waals surface area contributed by atoms with Crippen LogP contribution >= 0.6 is 15.9 Å². The third-order valence-electron chi connectivity index (χ3n) is 4.19. The Morgan fingerprint density at radius 3 is 2.57 bits per heavy atom. The van der Waals surface area contributed by atoms with E-state index in [-0.39, 0.29) is 0 Å². The lowest BCUT2D eigenvalue weighted by Gasteiger charge is -2.11. The lowest BCUT2D eigenvalue weighted by Crippen LogP contribution is -2.08. The van der Waals surface area contributed by atoms with Gasteiger partial charge in [-0.1, -0.05) is 47.0 Å². The molecule has 3 rings (SSSR count). The summed E-state index contributed by atoms with van der Waals surface area (Å²) in [5, 5.41) is 0.